The van der Waals surface area contributed by atoms with Crippen molar-refractivity contribution in [2.45, 2.75) is 0 Å². The van der Waals surface area contributed by atoms with Crippen LogP contribution in [0, 0.1) is 3.57 Å². The Morgan fingerprint density at radius 2 is 1.74 bits per heavy atom. The van der Waals surface area contributed by atoms with Crippen molar-refractivity contribution in [3.63, 3.8) is 0 Å². The van der Waals surface area contributed by atoms with Gasteiger partial charge in [0.15, 0.2) is 5.78 Å². The van der Waals surface area contributed by atoms with Crippen molar-refractivity contribution < 1.29 is 4.79 Å². The fourth-order valence-corrected chi connectivity index (χ4v) is 2.73. The summed E-state index contributed by atoms with van der Waals surface area (Å²) in [6.45, 7) is 0. The standard InChI is InChI=1S/C16H10INO/c17-15-7-2-1-5-13(15)16(19)12-6-3-4-11-8-9-18-10-14(11)12/h1-10H. The van der Waals surface area contributed by atoms with Gasteiger partial charge >= 0.3 is 0 Å². The van der Waals surface area contributed by atoms with Crippen LogP contribution in [0.3, 0.4) is 0 Å². The monoisotopic (exact) mass is 359 g/mol. The van der Waals surface area contributed by atoms with Crippen LogP contribution in [0.4, 0.5) is 0 Å². The zero-order valence-electron chi connectivity index (χ0n) is 10.0. The molecule has 3 heteroatoms. The molecular formula is C16H10INO. The molecule has 0 saturated carbocycles. The topological polar surface area (TPSA) is 30.0 Å². The maximum absolute atomic E-state index is 12.6. The van der Waals surface area contributed by atoms with Crippen molar-refractivity contribution in [2.75, 3.05) is 0 Å². The third-order valence-electron chi connectivity index (χ3n) is 3.05. The number of hydrogen-bond donors (Lipinski definition) is 0. The van der Waals surface area contributed by atoms with Crippen molar-refractivity contribution in [2.24, 2.45) is 0 Å². The maximum atomic E-state index is 12.6. The predicted octanol–water partition coefficient (Wildman–Crippen LogP) is 4.07. The van der Waals surface area contributed by atoms with E-state index in [1.807, 2.05) is 48.5 Å². The number of rotatable bonds is 2. The van der Waals surface area contributed by atoms with Gasteiger partial charge in [-0.3, -0.25) is 9.78 Å². The van der Waals surface area contributed by atoms with Crippen LogP contribution in [0.15, 0.2) is 60.9 Å². The lowest BCUT2D eigenvalue weighted by atomic mass is 9.99. The molecule has 0 aliphatic carbocycles. The molecule has 2 aromatic carbocycles. The van der Waals surface area contributed by atoms with Gasteiger partial charge in [-0.05, 0) is 46.2 Å². The van der Waals surface area contributed by atoms with E-state index in [1.165, 1.54) is 0 Å². The normalized spacial score (nSPS) is 10.6. The minimum absolute atomic E-state index is 0.0450. The van der Waals surface area contributed by atoms with Gasteiger partial charge in [-0.15, -0.1) is 0 Å². The fraction of sp³-hybridized carbons (Fsp3) is 0. The van der Waals surface area contributed by atoms with E-state index in [-0.39, 0.29) is 5.78 Å². The average Bonchev–Trinajstić information content (AvgIpc) is 2.46. The molecule has 0 amide bonds. The Morgan fingerprint density at radius 3 is 2.58 bits per heavy atom. The third-order valence-corrected chi connectivity index (χ3v) is 3.99. The summed E-state index contributed by atoms with van der Waals surface area (Å²) in [7, 11) is 0. The zero-order valence-corrected chi connectivity index (χ0v) is 12.2. The largest absolute Gasteiger partial charge is 0.289 e. The molecule has 0 spiro atoms. The Hall–Kier alpha value is -1.75. The SMILES string of the molecule is O=C(c1ccccc1I)c1cccc2ccncc12. The lowest BCUT2D eigenvalue weighted by molar-refractivity contribution is 0.103. The highest BCUT2D eigenvalue weighted by atomic mass is 127. The van der Waals surface area contributed by atoms with Crippen molar-refractivity contribution in [3.8, 4) is 0 Å². The number of carbonyl (C=O) groups is 1. The summed E-state index contributed by atoms with van der Waals surface area (Å²) in [5.41, 5.74) is 1.44. The summed E-state index contributed by atoms with van der Waals surface area (Å²) in [5.74, 6) is 0.0450. The van der Waals surface area contributed by atoms with Crippen molar-refractivity contribution in [3.05, 3.63) is 75.6 Å². The van der Waals surface area contributed by atoms with Gasteiger partial charge in [-0.2, -0.15) is 0 Å². The number of nitrogens with zero attached hydrogens (tertiary/aromatic N) is 1. The van der Waals surface area contributed by atoms with Gasteiger partial charge in [-0.1, -0.05) is 30.3 Å². The molecule has 1 aromatic heterocycles. The summed E-state index contributed by atoms with van der Waals surface area (Å²) in [5, 5.41) is 1.93. The zero-order chi connectivity index (χ0) is 13.2. The highest BCUT2D eigenvalue weighted by Crippen LogP contribution is 2.22. The molecule has 0 N–H and O–H groups in total. The number of carbonyl (C=O) groups excluding carboxylic acids is 1. The van der Waals surface area contributed by atoms with Gasteiger partial charge in [0, 0.05) is 32.5 Å². The molecule has 3 aromatic rings. The van der Waals surface area contributed by atoms with Crippen LogP contribution in [0.2, 0.25) is 0 Å². The molecule has 3 rings (SSSR count). The molecule has 1 heterocycles. The van der Waals surface area contributed by atoms with Crippen molar-refractivity contribution in [1.29, 1.82) is 0 Å². The molecule has 0 radical (unpaired) electrons. The van der Waals surface area contributed by atoms with Crippen LogP contribution < -0.4 is 0 Å². The molecule has 2 nitrogen and oxygen atoms in total. The van der Waals surface area contributed by atoms with Crippen LogP contribution in [-0.4, -0.2) is 10.8 Å². The second-order valence-electron chi connectivity index (χ2n) is 4.21. The van der Waals surface area contributed by atoms with Crippen molar-refractivity contribution in [1.82, 2.24) is 4.98 Å². The van der Waals surface area contributed by atoms with Gasteiger partial charge < -0.3 is 0 Å². The fourth-order valence-electron chi connectivity index (χ4n) is 2.10. The third kappa shape index (κ3) is 2.26. The number of fused-ring (bicyclic) bond motifs is 1. The van der Waals surface area contributed by atoms with Crippen LogP contribution in [0.25, 0.3) is 10.8 Å². The van der Waals surface area contributed by atoms with E-state index in [0.29, 0.717) is 5.56 Å². The Kier molecular flexibility index (Phi) is 3.29. The highest BCUT2D eigenvalue weighted by molar-refractivity contribution is 14.1. The average molecular weight is 359 g/mol. The van der Waals surface area contributed by atoms with Gasteiger partial charge in [0.2, 0.25) is 0 Å². The number of pyridine rings is 1. The van der Waals surface area contributed by atoms with Crippen molar-refractivity contribution >= 4 is 39.1 Å². The van der Waals surface area contributed by atoms with Gasteiger partial charge in [0.05, 0.1) is 0 Å². The van der Waals surface area contributed by atoms with Gasteiger partial charge in [0.25, 0.3) is 0 Å². The minimum atomic E-state index is 0.0450. The number of ketones is 1. The van der Waals surface area contributed by atoms with E-state index in [1.54, 1.807) is 12.4 Å². The summed E-state index contributed by atoms with van der Waals surface area (Å²) >= 11 is 2.19. The Morgan fingerprint density at radius 1 is 0.947 bits per heavy atom. The van der Waals surface area contributed by atoms with E-state index < -0.39 is 0 Å². The Bertz CT molecular complexity index is 762. The second kappa shape index (κ2) is 5.09. The maximum Gasteiger partial charge on any atom is 0.194 e. The Labute approximate surface area is 124 Å². The minimum Gasteiger partial charge on any atom is -0.289 e. The first-order chi connectivity index (χ1) is 9.27. The molecule has 0 aliphatic heterocycles. The first-order valence-corrected chi connectivity index (χ1v) is 6.97. The molecule has 0 bridgehead atoms. The van der Waals surface area contributed by atoms with Gasteiger partial charge in [-0.25, -0.2) is 0 Å². The second-order valence-corrected chi connectivity index (χ2v) is 5.37. The van der Waals surface area contributed by atoms with E-state index in [4.69, 9.17) is 0 Å². The molecule has 0 unspecified atom stereocenters. The summed E-state index contributed by atoms with van der Waals surface area (Å²) in [6, 6.07) is 15.3. The van der Waals surface area contributed by atoms with Crippen LogP contribution in [0.5, 0.6) is 0 Å². The summed E-state index contributed by atoms with van der Waals surface area (Å²) in [6.07, 6.45) is 3.49. The van der Waals surface area contributed by atoms with Gasteiger partial charge in [0.1, 0.15) is 0 Å². The number of hydrogen-bond acceptors (Lipinski definition) is 2. The van der Waals surface area contributed by atoms with Crippen LogP contribution >= 0.6 is 22.6 Å². The van der Waals surface area contributed by atoms with E-state index in [0.717, 1.165) is 19.9 Å². The molecule has 19 heavy (non-hydrogen) atoms. The molecule has 92 valence electrons. The predicted molar refractivity (Wildman–Crippen MR) is 84.3 cm³/mol. The number of aromatic nitrogens is 1. The van der Waals surface area contributed by atoms with E-state index in [9.17, 15) is 4.79 Å². The number of benzene rings is 2. The lowest BCUT2D eigenvalue weighted by Gasteiger charge is -2.06. The summed E-state index contributed by atoms with van der Waals surface area (Å²) < 4.78 is 0.964. The van der Waals surface area contributed by atoms with E-state index >= 15 is 0 Å². The first kappa shape index (κ1) is 12.3. The number of halogens is 1. The van der Waals surface area contributed by atoms with Crippen LogP contribution in [-0.2, 0) is 0 Å². The molecular weight excluding hydrogens is 349 g/mol. The molecule has 0 saturated heterocycles. The van der Waals surface area contributed by atoms with Crippen LogP contribution in [0.1, 0.15) is 15.9 Å². The van der Waals surface area contributed by atoms with E-state index in [2.05, 4.69) is 27.6 Å². The summed E-state index contributed by atoms with van der Waals surface area (Å²) in [4.78, 5) is 16.8. The molecule has 0 atom stereocenters. The lowest BCUT2D eigenvalue weighted by Crippen LogP contribution is -2.04. The molecule has 0 aliphatic rings. The molecule has 0 fully saturated rings. The Balaban J connectivity index is 2.20. The first-order valence-electron chi connectivity index (χ1n) is 5.89. The quantitative estimate of drug-likeness (QED) is 0.510. The highest BCUT2D eigenvalue weighted by Gasteiger charge is 2.14. The smallest absolute Gasteiger partial charge is 0.194 e.